The van der Waals surface area contributed by atoms with Crippen molar-refractivity contribution in [3.8, 4) is 0 Å². The highest BCUT2D eigenvalue weighted by Gasteiger charge is 2.23. The molecule has 0 spiro atoms. The lowest BCUT2D eigenvalue weighted by Gasteiger charge is -2.28. The molecule has 0 radical (unpaired) electrons. The van der Waals surface area contributed by atoms with E-state index in [1.54, 1.807) is 36.4 Å². The van der Waals surface area contributed by atoms with E-state index in [0.717, 1.165) is 5.69 Å². The van der Waals surface area contributed by atoms with Gasteiger partial charge < -0.3 is 4.90 Å². The minimum Gasteiger partial charge on any atom is -0.367 e. The molecule has 0 fully saturated rings. The number of likely N-dealkylation sites (N-methyl/N-ethyl adjacent to an activating group) is 1. The van der Waals surface area contributed by atoms with Crippen molar-refractivity contribution < 1.29 is 38.9 Å². The van der Waals surface area contributed by atoms with Gasteiger partial charge in [-0.3, -0.25) is 18.6 Å². The van der Waals surface area contributed by atoms with Gasteiger partial charge in [0.15, 0.2) is 0 Å². The Morgan fingerprint density at radius 1 is 0.627 bits per heavy atom. The van der Waals surface area contributed by atoms with Gasteiger partial charge in [0.05, 0.1) is 9.79 Å². The molecule has 1 aliphatic rings. The third kappa shape index (κ3) is 9.28. The smallest absolute Gasteiger partial charge is 0.295 e. The maximum absolute atomic E-state index is 12.5. The number of hydrogen-bond donors (Lipinski definition) is 3. The molecular formula is C37H38N2O9S3. The van der Waals surface area contributed by atoms with Crippen LogP contribution in [0.1, 0.15) is 36.1 Å². The van der Waals surface area contributed by atoms with E-state index in [2.05, 4.69) is 4.90 Å². The van der Waals surface area contributed by atoms with Crippen molar-refractivity contribution in [1.29, 1.82) is 0 Å². The van der Waals surface area contributed by atoms with Gasteiger partial charge in [0.25, 0.3) is 30.4 Å². The summed E-state index contributed by atoms with van der Waals surface area (Å²) in [4.78, 5) is 3.49. The molecule has 0 saturated heterocycles. The Bertz CT molecular complexity index is 2320. The topological polar surface area (TPSA) is 170 Å². The molecule has 0 aliphatic heterocycles. The first-order valence-electron chi connectivity index (χ1n) is 16.0. The van der Waals surface area contributed by atoms with Gasteiger partial charge in [-0.1, -0.05) is 85.8 Å². The molecule has 1 aliphatic carbocycles. The number of allylic oxidation sites excluding steroid dienone is 3. The van der Waals surface area contributed by atoms with Gasteiger partial charge in [-0.15, -0.1) is 0 Å². The SMILES string of the molecule is CCN(Cc1cccc(S(=O)(=O)O)c1)c1ccc(C(=C2C=CC(N(CC)Cc3cccc(S(=O)(=O)O)c3)C=C2)c2ccccc2S(=O)(=O)O)cc1. The van der Waals surface area contributed by atoms with Crippen molar-refractivity contribution in [2.24, 2.45) is 0 Å². The van der Waals surface area contributed by atoms with Gasteiger partial charge in [0, 0.05) is 36.9 Å². The summed E-state index contributed by atoms with van der Waals surface area (Å²) in [7, 11) is -13.3. The summed E-state index contributed by atoms with van der Waals surface area (Å²) in [6, 6.07) is 25.7. The summed E-state index contributed by atoms with van der Waals surface area (Å²) in [5.74, 6) is 0. The number of benzene rings is 4. The van der Waals surface area contributed by atoms with E-state index < -0.39 is 30.4 Å². The van der Waals surface area contributed by atoms with E-state index in [0.29, 0.717) is 59.6 Å². The van der Waals surface area contributed by atoms with Crippen LogP contribution in [0.5, 0.6) is 0 Å². The summed E-state index contributed by atoms with van der Waals surface area (Å²) < 4.78 is 101. The third-order valence-electron chi connectivity index (χ3n) is 8.55. The molecule has 0 atom stereocenters. The van der Waals surface area contributed by atoms with Crippen LogP contribution in [0.4, 0.5) is 5.69 Å². The maximum atomic E-state index is 12.5. The Kier molecular flexibility index (Phi) is 11.5. The van der Waals surface area contributed by atoms with E-state index in [1.165, 1.54) is 36.4 Å². The first-order chi connectivity index (χ1) is 24.1. The monoisotopic (exact) mass is 750 g/mol. The summed E-state index contributed by atoms with van der Waals surface area (Å²) in [5, 5.41) is 0. The molecule has 11 nitrogen and oxygen atoms in total. The number of nitrogens with zero attached hydrogens (tertiary/aromatic N) is 2. The van der Waals surface area contributed by atoms with Gasteiger partial charge in [-0.05, 0) is 83.8 Å². The molecule has 0 saturated carbocycles. The van der Waals surface area contributed by atoms with Gasteiger partial charge in [-0.2, -0.15) is 25.3 Å². The fourth-order valence-electron chi connectivity index (χ4n) is 6.03. The van der Waals surface area contributed by atoms with Crippen molar-refractivity contribution in [3.05, 3.63) is 149 Å². The maximum Gasteiger partial charge on any atom is 0.295 e. The second-order valence-electron chi connectivity index (χ2n) is 11.9. The van der Waals surface area contributed by atoms with E-state index in [1.807, 2.05) is 67.3 Å². The largest absolute Gasteiger partial charge is 0.367 e. The van der Waals surface area contributed by atoms with E-state index in [4.69, 9.17) is 0 Å². The number of hydrogen-bond acceptors (Lipinski definition) is 8. The Labute approximate surface area is 299 Å². The third-order valence-corrected chi connectivity index (χ3v) is 11.2. The van der Waals surface area contributed by atoms with Crippen LogP contribution in [0.3, 0.4) is 0 Å². The van der Waals surface area contributed by atoms with Gasteiger partial charge in [0.2, 0.25) is 0 Å². The van der Waals surface area contributed by atoms with Crippen LogP contribution in [-0.4, -0.2) is 62.9 Å². The first-order valence-corrected chi connectivity index (χ1v) is 20.3. The normalized spacial score (nSPS) is 14.9. The van der Waals surface area contributed by atoms with Crippen molar-refractivity contribution in [2.45, 2.75) is 47.7 Å². The fraction of sp³-hybridized carbons (Fsp3) is 0.189. The Balaban J connectivity index is 1.50. The van der Waals surface area contributed by atoms with Crippen LogP contribution in [-0.2, 0) is 43.4 Å². The average molecular weight is 751 g/mol. The molecular weight excluding hydrogens is 713 g/mol. The van der Waals surface area contributed by atoms with Crippen LogP contribution in [0.15, 0.2) is 142 Å². The Hall–Kier alpha value is -4.41. The second-order valence-corrected chi connectivity index (χ2v) is 16.1. The van der Waals surface area contributed by atoms with Crippen LogP contribution >= 0.6 is 0 Å². The average Bonchev–Trinajstić information content (AvgIpc) is 3.10. The molecule has 0 bridgehead atoms. The molecule has 0 unspecified atom stereocenters. The molecule has 0 heterocycles. The van der Waals surface area contributed by atoms with Crippen molar-refractivity contribution in [3.63, 3.8) is 0 Å². The van der Waals surface area contributed by atoms with Crippen molar-refractivity contribution >= 4 is 41.6 Å². The van der Waals surface area contributed by atoms with Gasteiger partial charge >= 0.3 is 0 Å². The molecule has 4 aromatic carbocycles. The van der Waals surface area contributed by atoms with Crippen LogP contribution in [0.25, 0.3) is 5.57 Å². The predicted molar refractivity (Wildman–Crippen MR) is 196 cm³/mol. The Morgan fingerprint density at radius 3 is 1.69 bits per heavy atom. The zero-order valence-corrected chi connectivity index (χ0v) is 30.3. The van der Waals surface area contributed by atoms with Gasteiger partial charge in [0.1, 0.15) is 4.90 Å². The second kappa shape index (κ2) is 15.5. The fourth-order valence-corrected chi connectivity index (χ4v) is 7.83. The zero-order chi connectivity index (χ0) is 37.0. The lowest BCUT2D eigenvalue weighted by molar-refractivity contribution is 0.263. The molecule has 0 aromatic heterocycles. The lowest BCUT2D eigenvalue weighted by atomic mass is 9.90. The highest BCUT2D eigenvalue weighted by atomic mass is 32.2. The van der Waals surface area contributed by atoms with Crippen LogP contribution < -0.4 is 4.90 Å². The highest BCUT2D eigenvalue weighted by molar-refractivity contribution is 7.86. The lowest BCUT2D eigenvalue weighted by Crippen LogP contribution is -2.32. The van der Waals surface area contributed by atoms with E-state index >= 15 is 0 Å². The number of rotatable bonds is 13. The first kappa shape index (κ1) is 37.8. The van der Waals surface area contributed by atoms with Crippen LogP contribution in [0, 0.1) is 0 Å². The molecule has 5 rings (SSSR count). The van der Waals surface area contributed by atoms with Crippen molar-refractivity contribution in [2.75, 3.05) is 18.0 Å². The number of anilines is 1. The van der Waals surface area contributed by atoms with E-state index in [9.17, 15) is 38.9 Å². The summed E-state index contributed by atoms with van der Waals surface area (Å²) >= 11 is 0. The minimum absolute atomic E-state index is 0.183. The summed E-state index contributed by atoms with van der Waals surface area (Å²) in [6.45, 7) is 5.87. The quantitative estimate of drug-likeness (QED) is 0.132. The highest BCUT2D eigenvalue weighted by Crippen LogP contribution is 2.35. The molecule has 3 N–H and O–H groups in total. The summed E-state index contributed by atoms with van der Waals surface area (Å²) in [6.07, 6.45) is 7.67. The van der Waals surface area contributed by atoms with Crippen molar-refractivity contribution in [1.82, 2.24) is 4.90 Å². The molecule has 51 heavy (non-hydrogen) atoms. The van der Waals surface area contributed by atoms with E-state index in [-0.39, 0.29) is 20.7 Å². The van der Waals surface area contributed by atoms with Gasteiger partial charge in [-0.25, -0.2) is 0 Å². The Morgan fingerprint density at radius 2 is 1.18 bits per heavy atom. The minimum atomic E-state index is -4.60. The molecule has 14 heteroatoms. The molecule has 268 valence electrons. The molecule has 4 aromatic rings. The molecule has 0 amide bonds. The standard InChI is InChI=1S/C37H38N2O9S3/c1-3-38(25-27-9-7-11-33(23-27)49(40,41)42)31-19-15-29(16-20-31)37(35-13-5-6-14-36(35)51(46,47)48)30-17-21-32(22-18-30)39(4-2)26-28-10-8-12-34(24-28)50(43,44)45/h5-24,31H,3-4,25-26H2,1-2H3,(H,40,41,42)(H,43,44,45)(H,46,47,48). The predicted octanol–water partition coefficient (Wildman–Crippen LogP) is 6.27. The summed E-state index contributed by atoms with van der Waals surface area (Å²) in [5.41, 5.74) is 4.43. The zero-order valence-electron chi connectivity index (χ0n) is 27.9. The van der Waals surface area contributed by atoms with Crippen LogP contribution in [0.2, 0.25) is 0 Å².